The van der Waals surface area contributed by atoms with Crippen molar-refractivity contribution in [3.8, 4) is 0 Å². The van der Waals surface area contributed by atoms with Crippen molar-refractivity contribution in [2.45, 2.75) is 0 Å². The van der Waals surface area contributed by atoms with Gasteiger partial charge in [-0.2, -0.15) is 0 Å². The molecule has 0 atom stereocenters. The Labute approximate surface area is 287 Å². The molecule has 234 valence electrons. The fourth-order valence-corrected chi connectivity index (χ4v) is 8.92. The van der Waals surface area contributed by atoms with Crippen LogP contribution in [0.5, 0.6) is 0 Å². The van der Waals surface area contributed by atoms with Gasteiger partial charge in [0.05, 0.1) is 50.7 Å². The normalized spacial score (nSPS) is 15.2. The first kappa shape index (κ1) is 25.9. The van der Waals surface area contributed by atoms with E-state index in [1.54, 1.807) is 0 Å². The molecule has 6 nitrogen and oxygen atoms in total. The standard InChI is InChI=1S/C45H24N6/c1-2-8-29-28(7-1)34-16-22-13-24-18-36-30-9-3-4-10-31(30)38-20-26(50-43(38)42(36)48-24)15-27-21-39-33-12-6-5-11-32(33)37-19-25(49-44(37)45(39)51-27)14-23-17-35(29)41(47-23)40(34)46-22/h1-21,46,49-50H. The number of hydrogen-bond acceptors (Lipinski definition) is 3. The Morgan fingerprint density at radius 2 is 0.608 bits per heavy atom. The molecule has 7 heterocycles. The predicted molar refractivity (Wildman–Crippen MR) is 213 cm³/mol. The van der Waals surface area contributed by atoms with Crippen LogP contribution in [0.2, 0.25) is 0 Å². The summed E-state index contributed by atoms with van der Waals surface area (Å²) < 4.78 is 0. The number of hydrogen-bond donors (Lipinski definition) is 3. The topological polar surface area (TPSA) is 84.5 Å². The molecular weight excluding hydrogens is 625 g/mol. The van der Waals surface area contributed by atoms with Crippen molar-refractivity contribution in [3.05, 3.63) is 123 Å². The lowest BCUT2D eigenvalue weighted by Gasteiger charge is -2.03. The van der Waals surface area contributed by atoms with Gasteiger partial charge < -0.3 is 15.0 Å². The molecule has 0 unspecified atom stereocenters. The van der Waals surface area contributed by atoms with Gasteiger partial charge in [0.1, 0.15) is 0 Å². The van der Waals surface area contributed by atoms with Crippen LogP contribution >= 0.6 is 0 Å². The lowest BCUT2D eigenvalue weighted by Crippen LogP contribution is -2.05. The average molecular weight is 649 g/mol. The number of benzene rings is 6. The highest BCUT2D eigenvalue weighted by molar-refractivity contribution is 6.36. The second-order valence-electron chi connectivity index (χ2n) is 13.9. The van der Waals surface area contributed by atoms with Gasteiger partial charge in [-0.25, -0.2) is 15.0 Å². The van der Waals surface area contributed by atoms with Gasteiger partial charge in [0.2, 0.25) is 0 Å². The zero-order valence-corrected chi connectivity index (χ0v) is 27.0. The van der Waals surface area contributed by atoms with Gasteiger partial charge in [-0.15, -0.1) is 0 Å². The lowest BCUT2D eigenvalue weighted by atomic mass is 10.0. The van der Waals surface area contributed by atoms with E-state index in [2.05, 4.69) is 142 Å². The molecule has 3 aromatic heterocycles. The van der Waals surface area contributed by atoms with E-state index < -0.39 is 0 Å². The second-order valence-corrected chi connectivity index (χ2v) is 13.9. The summed E-state index contributed by atoms with van der Waals surface area (Å²) in [6.45, 7) is 0. The molecule has 4 aliphatic heterocycles. The molecule has 0 aliphatic carbocycles. The van der Waals surface area contributed by atoms with E-state index in [4.69, 9.17) is 15.0 Å². The number of aromatic nitrogens is 3. The Kier molecular flexibility index (Phi) is 4.54. The van der Waals surface area contributed by atoms with Crippen LogP contribution in [0, 0.1) is 0 Å². The predicted octanol–water partition coefficient (Wildman–Crippen LogP) is 5.95. The zero-order valence-electron chi connectivity index (χ0n) is 27.0. The fraction of sp³-hybridized carbons (Fsp3) is 0. The zero-order chi connectivity index (χ0) is 32.9. The molecule has 12 bridgehead atoms. The van der Waals surface area contributed by atoms with Crippen LogP contribution in [0.25, 0.3) is 101 Å². The highest BCUT2D eigenvalue weighted by Crippen LogP contribution is 2.33. The molecule has 0 saturated heterocycles. The average Bonchev–Trinajstić information content (AvgIpc) is 4.00. The Morgan fingerprint density at radius 1 is 0.314 bits per heavy atom. The van der Waals surface area contributed by atoms with Crippen LogP contribution in [-0.2, 0) is 0 Å². The smallest absolute Gasteiger partial charge is 0.0957 e. The number of nitrogens with zero attached hydrogens (tertiary/aromatic N) is 3. The van der Waals surface area contributed by atoms with Crippen molar-refractivity contribution in [2.24, 2.45) is 15.0 Å². The molecule has 9 aromatic rings. The second kappa shape index (κ2) is 8.94. The molecule has 0 saturated carbocycles. The van der Waals surface area contributed by atoms with Crippen LogP contribution in [0.4, 0.5) is 17.1 Å². The van der Waals surface area contributed by atoms with Gasteiger partial charge in [-0.3, -0.25) is 0 Å². The summed E-state index contributed by atoms with van der Waals surface area (Å²) >= 11 is 0. The van der Waals surface area contributed by atoms with Crippen LogP contribution in [0.15, 0.2) is 106 Å². The number of aromatic amines is 3. The van der Waals surface area contributed by atoms with Gasteiger partial charge in [-0.05, 0) is 87.0 Å². The quantitative estimate of drug-likeness (QED) is 0.182. The van der Waals surface area contributed by atoms with E-state index >= 15 is 0 Å². The summed E-state index contributed by atoms with van der Waals surface area (Å²) in [7, 11) is 0. The van der Waals surface area contributed by atoms with Gasteiger partial charge in [0, 0.05) is 47.9 Å². The van der Waals surface area contributed by atoms with E-state index in [9.17, 15) is 0 Å². The number of rotatable bonds is 0. The largest absolute Gasteiger partial charge is 0.353 e. The molecule has 0 spiro atoms. The molecule has 51 heavy (non-hydrogen) atoms. The Bertz CT molecular complexity index is 3300. The van der Waals surface area contributed by atoms with E-state index in [0.717, 1.165) is 98.6 Å². The number of fused-ring (bicyclic) bond motifs is 12. The first-order valence-corrected chi connectivity index (χ1v) is 17.3. The minimum absolute atomic E-state index is 0.910. The van der Waals surface area contributed by atoms with Crippen molar-refractivity contribution in [1.82, 2.24) is 15.0 Å². The SMILES string of the molecule is C1=c2cc3c([nH]2)c2c(c4ccccc43)=CC(=N2)C=c2cc3c([nH]2)c2c(c4ccccc43)=CC(=N2)C=c2cc3c([nH]2)c2c(c4ccccc43)=CC1=N2. The highest BCUT2D eigenvalue weighted by Gasteiger charge is 2.20. The first-order valence-electron chi connectivity index (χ1n) is 17.3. The number of nitrogens with one attached hydrogen (secondary N) is 3. The Morgan fingerprint density at radius 3 is 0.922 bits per heavy atom. The van der Waals surface area contributed by atoms with Gasteiger partial charge >= 0.3 is 0 Å². The molecule has 0 amide bonds. The van der Waals surface area contributed by atoms with Crippen LogP contribution in [-0.4, -0.2) is 32.1 Å². The van der Waals surface area contributed by atoms with E-state index in [-0.39, 0.29) is 0 Å². The van der Waals surface area contributed by atoms with Crippen molar-refractivity contribution in [1.29, 1.82) is 0 Å². The summed E-state index contributed by atoms with van der Waals surface area (Å²) in [6, 6.07) is 32.6. The number of aliphatic imine (C=N–C) groups is 3. The van der Waals surface area contributed by atoms with Gasteiger partial charge in [0.25, 0.3) is 0 Å². The molecule has 6 heteroatoms. The molecule has 0 fully saturated rings. The van der Waals surface area contributed by atoms with Gasteiger partial charge in [-0.1, -0.05) is 72.8 Å². The molecular formula is C45H24N6. The van der Waals surface area contributed by atoms with Gasteiger partial charge in [0.15, 0.2) is 0 Å². The Hall–Kier alpha value is -7.05. The molecule has 3 N–H and O–H groups in total. The molecule has 13 rings (SSSR count). The van der Waals surface area contributed by atoms with E-state index in [1.807, 2.05) is 0 Å². The maximum Gasteiger partial charge on any atom is 0.0957 e. The maximum absolute atomic E-state index is 5.25. The van der Waals surface area contributed by atoms with Crippen molar-refractivity contribution in [2.75, 3.05) is 0 Å². The van der Waals surface area contributed by atoms with E-state index in [0.29, 0.717) is 0 Å². The molecule has 6 aromatic carbocycles. The van der Waals surface area contributed by atoms with Crippen LogP contribution < -0.4 is 31.7 Å². The van der Waals surface area contributed by atoms with Crippen molar-refractivity contribution < 1.29 is 0 Å². The fourth-order valence-electron chi connectivity index (χ4n) is 8.92. The summed E-state index contributed by atoms with van der Waals surface area (Å²) in [5, 5.41) is 17.0. The lowest BCUT2D eigenvalue weighted by molar-refractivity contribution is 1.37. The van der Waals surface area contributed by atoms with Crippen molar-refractivity contribution in [3.63, 3.8) is 0 Å². The third kappa shape index (κ3) is 3.38. The van der Waals surface area contributed by atoms with Crippen LogP contribution in [0.1, 0.15) is 0 Å². The monoisotopic (exact) mass is 648 g/mol. The molecule has 4 aliphatic rings. The Balaban J connectivity index is 1.20. The maximum atomic E-state index is 5.25. The van der Waals surface area contributed by atoms with E-state index in [1.165, 1.54) is 32.3 Å². The summed E-state index contributed by atoms with van der Waals surface area (Å²) in [5.74, 6) is 0. The minimum atomic E-state index is 0.910. The van der Waals surface area contributed by atoms with Crippen LogP contribution in [0.3, 0.4) is 0 Å². The van der Waals surface area contributed by atoms with Crippen molar-refractivity contribution >= 4 is 136 Å². The molecule has 0 radical (unpaired) electrons. The number of H-pyrrole nitrogens is 3. The first-order chi connectivity index (χ1) is 25.2. The minimum Gasteiger partial charge on any atom is -0.353 e. The third-order valence-electron chi connectivity index (χ3n) is 11.0. The summed E-state index contributed by atoms with van der Waals surface area (Å²) in [6.07, 6.45) is 13.1. The summed E-state index contributed by atoms with van der Waals surface area (Å²) in [5.41, 5.74) is 8.73. The summed E-state index contributed by atoms with van der Waals surface area (Å²) in [4.78, 5) is 27.0. The third-order valence-corrected chi connectivity index (χ3v) is 11.0. The highest BCUT2D eigenvalue weighted by atomic mass is 14.9.